The van der Waals surface area contributed by atoms with Crippen LogP contribution in [0.2, 0.25) is 5.02 Å². The van der Waals surface area contributed by atoms with E-state index in [1.54, 1.807) is 11.8 Å². The lowest BCUT2D eigenvalue weighted by atomic mass is 9.75. The zero-order chi connectivity index (χ0) is 15.7. The van der Waals surface area contributed by atoms with Gasteiger partial charge in [0.1, 0.15) is 11.5 Å². The molecule has 0 spiro atoms. The number of nitrogens with one attached hydrogen (secondary N) is 1. The number of rotatable bonds is 5. The smallest absolute Gasteiger partial charge is 0.142 e. The molecule has 1 N–H and O–H groups in total. The number of pyridine rings is 1. The molecule has 1 heterocycles. The highest BCUT2D eigenvalue weighted by molar-refractivity contribution is 8.00. The number of hydrogen-bond donors (Lipinski definition) is 1. The number of thioether (sulfide) groups is 1. The van der Waals surface area contributed by atoms with E-state index in [-0.39, 0.29) is 9.77 Å². The van der Waals surface area contributed by atoms with Crippen molar-refractivity contribution in [3.05, 3.63) is 28.8 Å². The van der Waals surface area contributed by atoms with Crippen LogP contribution < -0.4 is 5.32 Å². The molecule has 0 unspecified atom stereocenters. The fourth-order valence-electron chi connectivity index (χ4n) is 2.31. The molecule has 0 amide bonds. The van der Waals surface area contributed by atoms with Crippen LogP contribution in [0.25, 0.3) is 0 Å². The van der Waals surface area contributed by atoms with E-state index in [1.165, 1.54) is 6.07 Å². The van der Waals surface area contributed by atoms with Crippen LogP contribution in [0.1, 0.15) is 51.8 Å². The van der Waals surface area contributed by atoms with E-state index in [1.807, 2.05) is 0 Å². The van der Waals surface area contributed by atoms with Crippen LogP contribution in [-0.2, 0) is 0 Å². The Balaban J connectivity index is 2.16. The maximum atomic E-state index is 14.9. The fourth-order valence-corrected chi connectivity index (χ4v) is 3.25. The molecule has 0 aliphatic heterocycles. The van der Waals surface area contributed by atoms with Crippen molar-refractivity contribution in [3.63, 3.8) is 0 Å². The van der Waals surface area contributed by atoms with Crippen LogP contribution in [0.4, 0.5) is 8.78 Å². The van der Waals surface area contributed by atoms with Gasteiger partial charge in [-0.05, 0) is 25.3 Å². The van der Waals surface area contributed by atoms with Crippen molar-refractivity contribution >= 4 is 23.4 Å². The summed E-state index contributed by atoms with van der Waals surface area (Å²) in [5, 5.41) is 3.39. The second-order valence-electron chi connectivity index (χ2n) is 6.45. The van der Waals surface area contributed by atoms with E-state index in [0.717, 1.165) is 12.6 Å². The van der Waals surface area contributed by atoms with Gasteiger partial charge in [0.2, 0.25) is 0 Å². The third-order valence-electron chi connectivity index (χ3n) is 3.60. The predicted octanol–water partition coefficient (Wildman–Crippen LogP) is 4.89. The van der Waals surface area contributed by atoms with Gasteiger partial charge in [0.15, 0.2) is 0 Å². The SMILES string of the molecule is CC(C)(C)SCN[C@H](c1ncc(F)cc1Cl)C1(F)CCC1. The largest absolute Gasteiger partial charge is 0.297 e. The van der Waals surface area contributed by atoms with Crippen LogP contribution in [0, 0.1) is 5.82 Å². The van der Waals surface area contributed by atoms with Gasteiger partial charge in [-0.1, -0.05) is 32.4 Å². The first-order chi connectivity index (χ1) is 9.71. The van der Waals surface area contributed by atoms with Gasteiger partial charge in [0, 0.05) is 10.6 Å². The summed E-state index contributed by atoms with van der Waals surface area (Å²) < 4.78 is 28.1. The first kappa shape index (κ1) is 17.0. The van der Waals surface area contributed by atoms with Gasteiger partial charge in [-0.3, -0.25) is 10.3 Å². The van der Waals surface area contributed by atoms with Crippen LogP contribution in [0.5, 0.6) is 0 Å². The minimum atomic E-state index is -1.34. The molecule has 1 fully saturated rings. The number of alkyl halides is 1. The fraction of sp³-hybridized carbons (Fsp3) is 0.667. The Morgan fingerprint density at radius 3 is 2.62 bits per heavy atom. The Morgan fingerprint density at radius 1 is 1.48 bits per heavy atom. The van der Waals surface area contributed by atoms with Gasteiger partial charge in [-0.25, -0.2) is 8.78 Å². The average molecular weight is 335 g/mol. The lowest BCUT2D eigenvalue weighted by molar-refractivity contribution is 0.0201. The van der Waals surface area contributed by atoms with E-state index < -0.39 is 17.5 Å². The highest BCUT2D eigenvalue weighted by Gasteiger charge is 2.46. The molecule has 1 aromatic rings. The van der Waals surface area contributed by atoms with Crippen molar-refractivity contribution in [2.75, 3.05) is 5.88 Å². The van der Waals surface area contributed by atoms with Crippen LogP contribution >= 0.6 is 23.4 Å². The van der Waals surface area contributed by atoms with Gasteiger partial charge < -0.3 is 0 Å². The van der Waals surface area contributed by atoms with Crippen molar-refractivity contribution in [1.82, 2.24) is 10.3 Å². The Kier molecular flexibility index (Phi) is 5.16. The Hall–Kier alpha value is -0.390. The Labute approximate surface area is 134 Å². The molecule has 0 bridgehead atoms. The van der Waals surface area contributed by atoms with Gasteiger partial charge in [-0.2, -0.15) is 0 Å². The molecule has 118 valence electrons. The lowest BCUT2D eigenvalue weighted by Crippen LogP contribution is -2.46. The van der Waals surface area contributed by atoms with Crippen molar-refractivity contribution in [3.8, 4) is 0 Å². The van der Waals surface area contributed by atoms with E-state index >= 15 is 0 Å². The normalized spacial score (nSPS) is 19.1. The Bertz CT molecular complexity index is 501. The van der Waals surface area contributed by atoms with Crippen LogP contribution in [0.15, 0.2) is 12.3 Å². The average Bonchev–Trinajstić information content (AvgIpc) is 2.32. The quantitative estimate of drug-likeness (QED) is 0.776. The molecule has 1 aromatic heterocycles. The first-order valence-electron chi connectivity index (χ1n) is 7.08. The van der Waals surface area contributed by atoms with E-state index in [0.29, 0.717) is 24.4 Å². The van der Waals surface area contributed by atoms with Crippen LogP contribution in [-0.4, -0.2) is 21.3 Å². The van der Waals surface area contributed by atoms with Crippen molar-refractivity contribution < 1.29 is 8.78 Å². The molecule has 6 heteroatoms. The van der Waals surface area contributed by atoms with Gasteiger partial charge >= 0.3 is 0 Å². The summed E-state index contributed by atoms with van der Waals surface area (Å²) in [7, 11) is 0. The molecule has 2 rings (SSSR count). The standard InChI is InChI=1S/C15H21ClF2N2S/c1-14(2,3)21-9-20-13(15(18)5-4-6-15)12-11(16)7-10(17)8-19-12/h7-8,13,20H,4-6,9H2,1-3H3/t13-/m1/s1. The molecule has 0 radical (unpaired) electrons. The monoisotopic (exact) mass is 334 g/mol. The lowest BCUT2D eigenvalue weighted by Gasteiger charge is -2.41. The summed E-state index contributed by atoms with van der Waals surface area (Å²) in [4.78, 5) is 4.02. The van der Waals surface area contributed by atoms with E-state index in [2.05, 4.69) is 31.1 Å². The summed E-state index contributed by atoms with van der Waals surface area (Å²) in [6.45, 7) is 6.31. The number of halogens is 3. The van der Waals surface area contributed by atoms with E-state index in [9.17, 15) is 8.78 Å². The van der Waals surface area contributed by atoms with Crippen molar-refractivity contribution in [2.45, 2.75) is 56.5 Å². The summed E-state index contributed by atoms with van der Waals surface area (Å²) >= 11 is 7.76. The molecule has 1 aliphatic rings. The maximum absolute atomic E-state index is 14.9. The second-order valence-corrected chi connectivity index (χ2v) is 8.66. The first-order valence-corrected chi connectivity index (χ1v) is 8.45. The highest BCUT2D eigenvalue weighted by atomic mass is 35.5. The molecule has 21 heavy (non-hydrogen) atoms. The zero-order valence-electron chi connectivity index (χ0n) is 12.5. The predicted molar refractivity (Wildman–Crippen MR) is 85.0 cm³/mol. The zero-order valence-corrected chi connectivity index (χ0v) is 14.1. The van der Waals surface area contributed by atoms with Gasteiger partial charge in [-0.15, -0.1) is 11.8 Å². The maximum Gasteiger partial charge on any atom is 0.142 e. The van der Waals surface area contributed by atoms with Crippen molar-refractivity contribution in [2.24, 2.45) is 0 Å². The summed E-state index contributed by atoms with van der Waals surface area (Å²) in [6, 6.07) is 0.603. The van der Waals surface area contributed by atoms with Crippen molar-refractivity contribution in [1.29, 1.82) is 0 Å². The molecule has 1 atom stereocenters. The third-order valence-corrected chi connectivity index (χ3v) is 5.08. The number of nitrogens with zero attached hydrogens (tertiary/aromatic N) is 1. The van der Waals surface area contributed by atoms with Gasteiger partial charge in [0.05, 0.1) is 23.0 Å². The molecule has 1 saturated carbocycles. The molecule has 0 aromatic carbocycles. The molecule has 2 nitrogen and oxygen atoms in total. The van der Waals surface area contributed by atoms with Crippen LogP contribution in [0.3, 0.4) is 0 Å². The minimum Gasteiger partial charge on any atom is -0.297 e. The molecular formula is C15H21ClF2N2S. The van der Waals surface area contributed by atoms with Gasteiger partial charge in [0.25, 0.3) is 0 Å². The topological polar surface area (TPSA) is 24.9 Å². The molecule has 0 saturated heterocycles. The molecular weight excluding hydrogens is 314 g/mol. The Morgan fingerprint density at radius 2 is 2.14 bits per heavy atom. The van der Waals surface area contributed by atoms with E-state index in [4.69, 9.17) is 11.6 Å². The highest BCUT2D eigenvalue weighted by Crippen LogP contribution is 2.46. The summed E-state index contributed by atoms with van der Waals surface area (Å²) in [6.07, 6.45) is 2.93. The minimum absolute atomic E-state index is 0.0840. The second kappa shape index (κ2) is 6.39. The number of hydrogen-bond acceptors (Lipinski definition) is 3. The number of aromatic nitrogens is 1. The summed E-state index contributed by atoms with van der Waals surface area (Å²) in [5.74, 6) is 0.0861. The third kappa shape index (κ3) is 4.30. The summed E-state index contributed by atoms with van der Waals surface area (Å²) in [5.41, 5.74) is -0.942. The molecule has 1 aliphatic carbocycles.